The Morgan fingerprint density at radius 3 is 2.53 bits per heavy atom. The highest BCUT2D eigenvalue weighted by molar-refractivity contribution is 5.97. The van der Waals surface area contributed by atoms with Crippen LogP contribution < -0.4 is 0 Å². The highest BCUT2D eigenvalue weighted by Crippen LogP contribution is 2.26. The Bertz CT molecular complexity index is 527. The monoisotopic (exact) mass is 229 g/mol. The number of hydrogen-bond donors (Lipinski definition) is 0. The summed E-state index contributed by atoms with van der Waals surface area (Å²) >= 11 is 0. The first kappa shape index (κ1) is 11.5. The van der Waals surface area contributed by atoms with Crippen molar-refractivity contribution in [1.29, 1.82) is 0 Å². The summed E-state index contributed by atoms with van der Waals surface area (Å²) < 4.78 is 5.37. The Morgan fingerprint density at radius 2 is 1.94 bits per heavy atom. The molecule has 0 saturated carbocycles. The van der Waals surface area contributed by atoms with Crippen LogP contribution in [0.15, 0.2) is 41.0 Å². The second kappa shape index (κ2) is 4.45. The molecule has 1 aromatic heterocycles. The molecule has 0 N–H and O–H groups in total. The van der Waals surface area contributed by atoms with Gasteiger partial charge in [-0.25, -0.2) is 0 Å². The van der Waals surface area contributed by atoms with E-state index in [9.17, 15) is 4.79 Å². The van der Waals surface area contributed by atoms with E-state index in [-0.39, 0.29) is 5.91 Å². The van der Waals surface area contributed by atoms with Crippen molar-refractivity contribution in [1.82, 2.24) is 4.90 Å². The zero-order chi connectivity index (χ0) is 12.4. The van der Waals surface area contributed by atoms with Gasteiger partial charge >= 0.3 is 0 Å². The summed E-state index contributed by atoms with van der Waals surface area (Å²) in [4.78, 5) is 13.6. The van der Waals surface area contributed by atoms with E-state index in [1.807, 2.05) is 37.3 Å². The molecule has 2 rings (SSSR count). The molecule has 0 unspecified atom stereocenters. The van der Waals surface area contributed by atoms with Crippen LogP contribution in [0.4, 0.5) is 0 Å². The molecule has 0 bridgehead atoms. The first-order chi connectivity index (χ1) is 8.11. The molecule has 0 saturated heterocycles. The summed E-state index contributed by atoms with van der Waals surface area (Å²) in [7, 11) is 3.50. The Morgan fingerprint density at radius 1 is 1.18 bits per heavy atom. The lowest BCUT2D eigenvalue weighted by Crippen LogP contribution is -2.22. The second-order valence-corrected chi connectivity index (χ2v) is 4.16. The zero-order valence-corrected chi connectivity index (χ0v) is 10.2. The molecule has 3 nitrogen and oxygen atoms in total. The molecule has 1 aromatic carbocycles. The SMILES string of the molecule is Cc1c(C(=O)N(C)C)cccc1-c1ccco1. The molecule has 0 atom stereocenters. The highest BCUT2D eigenvalue weighted by Gasteiger charge is 2.14. The van der Waals surface area contributed by atoms with E-state index in [0.717, 1.165) is 16.9 Å². The minimum atomic E-state index is 0.0101. The molecule has 0 spiro atoms. The van der Waals surface area contributed by atoms with E-state index in [0.29, 0.717) is 5.56 Å². The standard InChI is InChI=1S/C14H15NO2/c1-10-11(13-8-5-9-17-13)6-4-7-12(10)14(16)15(2)3/h4-9H,1-3H3. The van der Waals surface area contributed by atoms with E-state index in [1.54, 1.807) is 25.3 Å². The summed E-state index contributed by atoms with van der Waals surface area (Å²) in [5.74, 6) is 0.798. The fourth-order valence-corrected chi connectivity index (χ4v) is 1.81. The maximum atomic E-state index is 12.0. The maximum Gasteiger partial charge on any atom is 0.253 e. The topological polar surface area (TPSA) is 33.5 Å². The molecule has 0 aliphatic carbocycles. The predicted octanol–water partition coefficient (Wildman–Crippen LogP) is 2.96. The van der Waals surface area contributed by atoms with Crippen molar-refractivity contribution in [2.45, 2.75) is 6.92 Å². The molecule has 1 heterocycles. The number of carbonyl (C=O) groups is 1. The predicted molar refractivity (Wildman–Crippen MR) is 66.9 cm³/mol. The number of carbonyl (C=O) groups excluding carboxylic acids is 1. The molecule has 0 fully saturated rings. The van der Waals surface area contributed by atoms with Crippen LogP contribution in [0.3, 0.4) is 0 Å². The average molecular weight is 229 g/mol. The van der Waals surface area contributed by atoms with Crippen molar-refractivity contribution >= 4 is 5.91 Å². The molecule has 17 heavy (non-hydrogen) atoms. The van der Waals surface area contributed by atoms with Crippen molar-refractivity contribution in [2.24, 2.45) is 0 Å². The minimum absolute atomic E-state index is 0.0101. The fourth-order valence-electron chi connectivity index (χ4n) is 1.81. The summed E-state index contributed by atoms with van der Waals surface area (Å²) in [5.41, 5.74) is 2.62. The van der Waals surface area contributed by atoms with E-state index in [4.69, 9.17) is 4.42 Å². The van der Waals surface area contributed by atoms with Crippen LogP contribution in [0, 0.1) is 6.92 Å². The fraction of sp³-hybridized carbons (Fsp3) is 0.214. The molecule has 3 heteroatoms. The lowest BCUT2D eigenvalue weighted by molar-refractivity contribution is 0.0827. The van der Waals surface area contributed by atoms with Crippen LogP contribution >= 0.6 is 0 Å². The van der Waals surface area contributed by atoms with Gasteiger partial charge in [0.1, 0.15) is 5.76 Å². The van der Waals surface area contributed by atoms with Crippen molar-refractivity contribution in [3.63, 3.8) is 0 Å². The van der Waals surface area contributed by atoms with Gasteiger partial charge in [0.15, 0.2) is 0 Å². The molecule has 1 amide bonds. The van der Waals surface area contributed by atoms with Crippen LogP contribution in [0.25, 0.3) is 11.3 Å². The van der Waals surface area contributed by atoms with Gasteiger partial charge in [0, 0.05) is 25.2 Å². The Balaban J connectivity index is 2.51. The third-order valence-electron chi connectivity index (χ3n) is 2.76. The van der Waals surface area contributed by atoms with Crippen LogP contribution in [0.1, 0.15) is 15.9 Å². The molecular formula is C14H15NO2. The minimum Gasteiger partial charge on any atom is -0.464 e. The largest absolute Gasteiger partial charge is 0.464 e. The van der Waals surface area contributed by atoms with Gasteiger partial charge in [0.25, 0.3) is 5.91 Å². The third kappa shape index (κ3) is 2.09. The van der Waals surface area contributed by atoms with Crippen molar-refractivity contribution in [3.05, 3.63) is 47.7 Å². The Hall–Kier alpha value is -2.03. The van der Waals surface area contributed by atoms with Crippen molar-refractivity contribution in [3.8, 4) is 11.3 Å². The van der Waals surface area contributed by atoms with Gasteiger partial charge in [-0.2, -0.15) is 0 Å². The number of nitrogens with zero attached hydrogens (tertiary/aromatic N) is 1. The Labute approximate surface area is 101 Å². The first-order valence-electron chi connectivity index (χ1n) is 5.46. The van der Waals surface area contributed by atoms with Gasteiger partial charge in [-0.1, -0.05) is 12.1 Å². The quantitative estimate of drug-likeness (QED) is 0.793. The molecular weight excluding hydrogens is 214 g/mol. The van der Waals surface area contributed by atoms with Crippen LogP contribution in [-0.2, 0) is 0 Å². The first-order valence-corrected chi connectivity index (χ1v) is 5.46. The van der Waals surface area contributed by atoms with Crippen molar-refractivity contribution in [2.75, 3.05) is 14.1 Å². The van der Waals surface area contributed by atoms with Gasteiger partial charge in [-0.3, -0.25) is 4.79 Å². The lowest BCUT2D eigenvalue weighted by atomic mass is 10.00. The average Bonchev–Trinajstić information content (AvgIpc) is 2.81. The van der Waals surface area contributed by atoms with Gasteiger partial charge in [0.05, 0.1) is 6.26 Å². The number of furan rings is 1. The summed E-state index contributed by atoms with van der Waals surface area (Å²) in [6.45, 7) is 1.94. The van der Waals surface area contributed by atoms with Crippen molar-refractivity contribution < 1.29 is 9.21 Å². The summed E-state index contributed by atoms with van der Waals surface area (Å²) in [6, 6.07) is 9.41. The number of rotatable bonds is 2. The van der Waals surface area contributed by atoms with Crippen LogP contribution in [-0.4, -0.2) is 24.9 Å². The van der Waals surface area contributed by atoms with Crippen LogP contribution in [0.2, 0.25) is 0 Å². The lowest BCUT2D eigenvalue weighted by Gasteiger charge is -2.14. The molecule has 0 aliphatic heterocycles. The third-order valence-corrected chi connectivity index (χ3v) is 2.76. The van der Waals surface area contributed by atoms with Gasteiger partial charge in [0.2, 0.25) is 0 Å². The van der Waals surface area contributed by atoms with E-state index in [2.05, 4.69) is 0 Å². The highest BCUT2D eigenvalue weighted by atomic mass is 16.3. The number of amides is 1. The normalized spacial score (nSPS) is 10.3. The van der Waals surface area contributed by atoms with Crippen LogP contribution in [0.5, 0.6) is 0 Å². The smallest absolute Gasteiger partial charge is 0.253 e. The van der Waals surface area contributed by atoms with E-state index < -0.39 is 0 Å². The molecule has 88 valence electrons. The van der Waals surface area contributed by atoms with Gasteiger partial charge < -0.3 is 9.32 Å². The summed E-state index contributed by atoms with van der Waals surface area (Å²) in [5, 5.41) is 0. The summed E-state index contributed by atoms with van der Waals surface area (Å²) in [6.07, 6.45) is 1.63. The van der Waals surface area contributed by atoms with E-state index >= 15 is 0 Å². The number of benzene rings is 1. The zero-order valence-electron chi connectivity index (χ0n) is 10.2. The van der Waals surface area contributed by atoms with Gasteiger partial charge in [-0.05, 0) is 30.7 Å². The number of hydrogen-bond acceptors (Lipinski definition) is 2. The molecule has 0 radical (unpaired) electrons. The Kier molecular flexibility index (Phi) is 3.00. The van der Waals surface area contributed by atoms with E-state index in [1.165, 1.54) is 0 Å². The maximum absolute atomic E-state index is 12.0. The molecule has 2 aromatic rings. The molecule has 0 aliphatic rings. The second-order valence-electron chi connectivity index (χ2n) is 4.16. The van der Waals surface area contributed by atoms with Gasteiger partial charge in [-0.15, -0.1) is 0 Å².